The number of anilines is 1. The Hall–Kier alpha value is -2.87. The summed E-state index contributed by atoms with van der Waals surface area (Å²) in [5.74, 6) is -0.649. The summed E-state index contributed by atoms with van der Waals surface area (Å²) >= 11 is 0. The minimum absolute atomic E-state index is 0.212. The second-order valence-corrected chi connectivity index (χ2v) is 10.5. The average Bonchev–Trinajstić information content (AvgIpc) is 2.78. The number of hydrogen-bond donors (Lipinski definition) is 1. The lowest BCUT2D eigenvalue weighted by Crippen LogP contribution is -2.52. The van der Waals surface area contributed by atoms with Crippen LogP contribution in [0.2, 0.25) is 0 Å². The van der Waals surface area contributed by atoms with Gasteiger partial charge in [0.05, 0.1) is 11.9 Å². The maximum atomic E-state index is 13.6. The van der Waals surface area contributed by atoms with Crippen LogP contribution in [0.5, 0.6) is 0 Å². The molecule has 0 aromatic heterocycles. The van der Waals surface area contributed by atoms with Crippen LogP contribution in [-0.2, 0) is 26.2 Å². The molecule has 8 heteroatoms. The minimum atomic E-state index is -3.74. The fourth-order valence-electron chi connectivity index (χ4n) is 3.89. The van der Waals surface area contributed by atoms with Gasteiger partial charge in [-0.3, -0.25) is 13.9 Å². The molecule has 0 aliphatic carbocycles. The molecular formula is C26H37N3O4S. The minimum Gasteiger partial charge on any atom is -0.354 e. The Morgan fingerprint density at radius 2 is 1.71 bits per heavy atom. The molecule has 0 heterocycles. The molecule has 34 heavy (non-hydrogen) atoms. The Morgan fingerprint density at radius 3 is 2.26 bits per heavy atom. The molecule has 1 N–H and O–H groups in total. The summed E-state index contributed by atoms with van der Waals surface area (Å²) in [4.78, 5) is 28.1. The number of benzene rings is 2. The van der Waals surface area contributed by atoms with Gasteiger partial charge in [0.1, 0.15) is 12.6 Å². The molecule has 0 bridgehead atoms. The van der Waals surface area contributed by atoms with Crippen LogP contribution in [0.25, 0.3) is 0 Å². The zero-order valence-corrected chi connectivity index (χ0v) is 21.7. The third kappa shape index (κ3) is 7.58. The van der Waals surface area contributed by atoms with Crippen LogP contribution in [0.4, 0.5) is 5.69 Å². The Morgan fingerprint density at radius 1 is 1.03 bits per heavy atom. The van der Waals surface area contributed by atoms with E-state index < -0.39 is 22.0 Å². The molecule has 7 nitrogen and oxygen atoms in total. The van der Waals surface area contributed by atoms with Gasteiger partial charge >= 0.3 is 0 Å². The maximum absolute atomic E-state index is 13.6. The lowest BCUT2D eigenvalue weighted by Gasteiger charge is -2.33. The van der Waals surface area contributed by atoms with Crippen molar-refractivity contribution in [2.75, 3.05) is 23.7 Å². The molecule has 0 unspecified atom stereocenters. The number of rotatable bonds is 12. The standard InChI is InChI=1S/C26H37N3O4S/c1-6-8-16-27-26(31)23(7-2)28(18-22-12-10-9-11-13-22)25(30)19-29(34(5,32)33)24-15-14-20(3)17-21(24)4/h9-15,17,23H,6-8,16,18-19H2,1-5H3,(H,27,31)/t23-/m0/s1. The first-order valence-electron chi connectivity index (χ1n) is 11.7. The fourth-order valence-corrected chi connectivity index (χ4v) is 4.79. The van der Waals surface area contributed by atoms with Crippen molar-refractivity contribution >= 4 is 27.5 Å². The summed E-state index contributed by atoms with van der Waals surface area (Å²) in [6.45, 7) is 8.02. The SMILES string of the molecule is CCCCNC(=O)[C@H](CC)N(Cc1ccccc1)C(=O)CN(c1ccc(C)cc1C)S(C)(=O)=O. The van der Waals surface area contributed by atoms with Crippen LogP contribution in [0.1, 0.15) is 49.8 Å². The number of nitrogens with one attached hydrogen (secondary N) is 1. The highest BCUT2D eigenvalue weighted by molar-refractivity contribution is 7.92. The zero-order valence-electron chi connectivity index (χ0n) is 20.9. The Bertz CT molecular complexity index is 1070. The van der Waals surface area contributed by atoms with E-state index in [1.807, 2.05) is 70.2 Å². The predicted molar refractivity (Wildman–Crippen MR) is 137 cm³/mol. The van der Waals surface area contributed by atoms with E-state index in [9.17, 15) is 18.0 Å². The topological polar surface area (TPSA) is 86.8 Å². The molecule has 0 saturated carbocycles. The third-order valence-corrected chi connectivity index (χ3v) is 6.84. The average molecular weight is 488 g/mol. The summed E-state index contributed by atoms with van der Waals surface area (Å²) < 4.78 is 26.5. The van der Waals surface area contributed by atoms with Crippen molar-refractivity contribution in [3.8, 4) is 0 Å². The van der Waals surface area contributed by atoms with Crippen molar-refractivity contribution in [3.63, 3.8) is 0 Å². The smallest absolute Gasteiger partial charge is 0.244 e. The van der Waals surface area contributed by atoms with Gasteiger partial charge in [-0.15, -0.1) is 0 Å². The van der Waals surface area contributed by atoms with E-state index in [0.717, 1.165) is 40.1 Å². The van der Waals surface area contributed by atoms with E-state index >= 15 is 0 Å². The number of carbonyl (C=O) groups is 2. The number of carbonyl (C=O) groups excluding carboxylic acids is 2. The van der Waals surface area contributed by atoms with E-state index in [-0.39, 0.29) is 19.0 Å². The number of hydrogen-bond acceptors (Lipinski definition) is 4. The van der Waals surface area contributed by atoms with Crippen molar-refractivity contribution in [3.05, 3.63) is 65.2 Å². The largest absolute Gasteiger partial charge is 0.354 e. The molecule has 0 fully saturated rings. The highest BCUT2D eigenvalue weighted by Crippen LogP contribution is 2.24. The van der Waals surface area contributed by atoms with Crippen molar-refractivity contribution < 1.29 is 18.0 Å². The molecule has 186 valence electrons. The second kappa shape index (κ2) is 12.6. The molecule has 2 amide bonds. The summed E-state index contributed by atoms with van der Waals surface area (Å²) in [6.07, 6.45) is 3.31. The van der Waals surface area contributed by atoms with E-state index in [0.29, 0.717) is 18.7 Å². The molecule has 0 spiro atoms. The summed E-state index contributed by atoms with van der Waals surface area (Å²) in [6, 6.07) is 14.1. The van der Waals surface area contributed by atoms with Gasteiger partial charge in [-0.2, -0.15) is 0 Å². The van der Waals surface area contributed by atoms with Crippen LogP contribution in [0.15, 0.2) is 48.5 Å². The van der Waals surface area contributed by atoms with Gasteiger partial charge in [-0.1, -0.05) is 68.3 Å². The lowest BCUT2D eigenvalue weighted by atomic mass is 10.1. The van der Waals surface area contributed by atoms with Crippen LogP contribution in [-0.4, -0.2) is 50.5 Å². The first-order chi connectivity index (χ1) is 16.1. The van der Waals surface area contributed by atoms with E-state index in [1.165, 1.54) is 4.90 Å². The quantitative estimate of drug-likeness (QED) is 0.462. The number of amides is 2. The lowest BCUT2D eigenvalue weighted by molar-refractivity contribution is -0.140. The summed E-state index contributed by atoms with van der Waals surface area (Å²) in [7, 11) is -3.74. The maximum Gasteiger partial charge on any atom is 0.244 e. The number of nitrogens with zero attached hydrogens (tertiary/aromatic N) is 2. The van der Waals surface area contributed by atoms with Gasteiger partial charge in [-0.25, -0.2) is 8.42 Å². The van der Waals surface area contributed by atoms with Gasteiger partial charge in [-0.05, 0) is 43.9 Å². The molecule has 0 saturated heterocycles. The molecule has 1 atom stereocenters. The fraction of sp³-hybridized carbons (Fsp3) is 0.462. The van der Waals surface area contributed by atoms with Crippen molar-refractivity contribution in [2.24, 2.45) is 0 Å². The Labute approximate surface area is 204 Å². The molecule has 0 radical (unpaired) electrons. The van der Waals surface area contributed by atoms with Gasteiger partial charge in [0.15, 0.2) is 0 Å². The molecule has 2 aromatic carbocycles. The van der Waals surface area contributed by atoms with E-state index in [1.54, 1.807) is 6.07 Å². The predicted octanol–water partition coefficient (Wildman–Crippen LogP) is 3.79. The first-order valence-corrected chi connectivity index (χ1v) is 13.6. The van der Waals surface area contributed by atoms with Gasteiger partial charge in [0, 0.05) is 13.1 Å². The Kier molecular flexibility index (Phi) is 10.1. The summed E-state index contributed by atoms with van der Waals surface area (Å²) in [5, 5.41) is 2.92. The normalized spacial score (nSPS) is 12.1. The number of sulfonamides is 1. The van der Waals surface area contributed by atoms with Crippen molar-refractivity contribution in [1.82, 2.24) is 10.2 Å². The molecule has 2 rings (SSSR count). The third-order valence-electron chi connectivity index (χ3n) is 5.71. The van der Waals surface area contributed by atoms with Crippen molar-refractivity contribution in [2.45, 2.75) is 59.5 Å². The van der Waals surface area contributed by atoms with Crippen molar-refractivity contribution in [1.29, 1.82) is 0 Å². The van der Waals surface area contributed by atoms with Crippen LogP contribution >= 0.6 is 0 Å². The summed E-state index contributed by atoms with van der Waals surface area (Å²) in [5.41, 5.74) is 3.09. The highest BCUT2D eigenvalue weighted by atomic mass is 32.2. The van der Waals surface area contributed by atoms with E-state index in [2.05, 4.69) is 5.32 Å². The molecular weight excluding hydrogens is 450 g/mol. The van der Waals surface area contributed by atoms with Crippen LogP contribution in [0.3, 0.4) is 0 Å². The second-order valence-electron chi connectivity index (χ2n) is 8.64. The van der Waals surface area contributed by atoms with Crippen LogP contribution < -0.4 is 9.62 Å². The first kappa shape index (κ1) is 27.4. The highest BCUT2D eigenvalue weighted by Gasteiger charge is 2.32. The molecule has 2 aromatic rings. The molecule has 0 aliphatic heterocycles. The van der Waals surface area contributed by atoms with Gasteiger partial charge in [0.2, 0.25) is 21.8 Å². The zero-order chi connectivity index (χ0) is 25.3. The van der Waals surface area contributed by atoms with Gasteiger partial charge in [0.25, 0.3) is 0 Å². The number of unbranched alkanes of at least 4 members (excludes halogenated alkanes) is 1. The number of aryl methyl sites for hydroxylation is 2. The Balaban J connectivity index is 2.40. The van der Waals surface area contributed by atoms with E-state index in [4.69, 9.17) is 0 Å². The molecule has 0 aliphatic rings. The van der Waals surface area contributed by atoms with Crippen LogP contribution in [0, 0.1) is 13.8 Å². The monoisotopic (exact) mass is 487 g/mol. The van der Waals surface area contributed by atoms with Gasteiger partial charge < -0.3 is 10.2 Å².